The van der Waals surface area contributed by atoms with Gasteiger partial charge in [-0.15, -0.1) is 0 Å². The molecule has 0 spiro atoms. The highest BCUT2D eigenvalue weighted by Gasteiger charge is 2.01. The van der Waals surface area contributed by atoms with Crippen molar-refractivity contribution in [3.05, 3.63) is 36.4 Å². The molecule has 0 unspecified atom stereocenters. The van der Waals surface area contributed by atoms with Crippen LogP contribution in [0.1, 0.15) is 19.7 Å². The summed E-state index contributed by atoms with van der Waals surface area (Å²) in [5.41, 5.74) is 1.90. The van der Waals surface area contributed by atoms with E-state index in [9.17, 15) is 0 Å². The number of aryl methyl sites for hydroxylation is 1. The topological polar surface area (TPSA) is 62.7 Å². The molecule has 0 amide bonds. The van der Waals surface area contributed by atoms with Crippen molar-refractivity contribution in [3.63, 3.8) is 0 Å². The highest BCUT2D eigenvalue weighted by atomic mass is 15.0. The molecule has 106 valence electrons. The first-order chi connectivity index (χ1) is 9.65. The number of rotatable bonds is 6. The van der Waals surface area contributed by atoms with Crippen molar-refractivity contribution in [3.8, 4) is 11.3 Å². The average Bonchev–Trinajstić information content (AvgIpc) is 2.44. The van der Waals surface area contributed by atoms with Crippen LogP contribution in [0.25, 0.3) is 11.3 Å². The molecule has 2 N–H and O–H groups in total. The van der Waals surface area contributed by atoms with Gasteiger partial charge in [-0.3, -0.25) is 0 Å². The first-order valence-electron chi connectivity index (χ1n) is 6.88. The van der Waals surface area contributed by atoms with Crippen molar-refractivity contribution in [2.45, 2.75) is 26.8 Å². The number of hydrogen-bond acceptors (Lipinski definition) is 5. The average molecular weight is 271 g/mol. The van der Waals surface area contributed by atoms with E-state index in [4.69, 9.17) is 0 Å². The van der Waals surface area contributed by atoms with Crippen LogP contribution in [0.3, 0.4) is 0 Å². The molecule has 0 aliphatic heterocycles. The van der Waals surface area contributed by atoms with Gasteiger partial charge in [0.05, 0.1) is 5.69 Å². The van der Waals surface area contributed by atoms with Crippen LogP contribution in [0.2, 0.25) is 0 Å². The van der Waals surface area contributed by atoms with E-state index < -0.39 is 0 Å². The predicted molar refractivity (Wildman–Crippen MR) is 81.6 cm³/mol. The molecule has 5 heteroatoms. The van der Waals surface area contributed by atoms with E-state index >= 15 is 0 Å². The Balaban J connectivity index is 1.93. The summed E-state index contributed by atoms with van der Waals surface area (Å²) in [6, 6.07) is 6.40. The van der Waals surface area contributed by atoms with Gasteiger partial charge in [-0.05, 0) is 25.1 Å². The van der Waals surface area contributed by atoms with Gasteiger partial charge < -0.3 is 10.6 Å². The monoisotopic (exact) mass is 271 g/mol. The van der Waals surface area contributed by atoms with Crippen LogP contribution in [0, 0.1) is 6.92 Å². The highest BCUT2D eigenvalue weighted by Crippen LogP contribution is 2.16. The summed E-state index contributed by atoms with van der Waals surface area (Å²) >= 11 is 0. The number of hydrogen-bond donors (Lipinski definition) is 2. The molecule has 0 bridgehead atoms. The molecule has 0 fully saturated rings. The molecule has 0 radical (unpaired) electrons. The Bertz CT molecular complexity index is 536. The Morgan fingerprint density at radius 3 is 2.60 bits per heavy atom. The summed E-state index contributed by atoms with van der Waals surface area (Å²) in [7, 11) is 0. The summed E-state index contributed by atoms with van der Waals surface area (Å²) in [6.45, 7) is 7.94. The third kappa shape index (κ3) is 4.28. The van der Waals surface area contributed by atoms with Gasteiger partial charge in [-0.25, -0.2) is 15.0 Å². The van der Waals surface area contributed by atoms with Crippen molar-refractivity contribution in [2.24, 2.45) is 0 Å². The molecule has 2 aromatic rings. The van der Waals surface area contributed by atoms with Gasteiger partial charge in [-0.1, -0.05) is 13.8 Å². The van der Waals surface area contributed by atoms with Crippen molar-refractivity contribution >= 4 is 5.82 Å². The second-order valence-corrected chi connectivity index (χ2v) is 4.96. The smallest absolute Gasteiger partial charge is 0.125 e. The normalized spacial score (nSPS) is 10.8. The first kappa shape index (κ1) is 14.4. The molecular formula is C15H21N5. The lowest BCUT2D eigenvalue weighted by atomic mass is 10.2. The SMILES string of the molecule is Cc1nccc(-c2ccc(NCCNC(C)C)nc2)n1. The Morgan fingerprint density at radius 1 is 1.10 bits per heavy atom. The molecule has 0 aliphatic carbocycles. The Labute approximate surface area is 119 Å². The van der Waals surface area contributed by atoms with Gasteiger partial charge in [0.15, 0.2) is 0 Å². The van der Waals surface area contributed by atoms with Gasteiger partial charge in [0.2, 0.25) is 0 Å². The fourth-order valence-electron chi connectivity index (χ4n) is 1.82. The van der Waals surface area contributed by atoms with E-state index in [2.05, 4.69) is 39.4 Å². The van der Waals surface area contributed by atoms with Gasteiger partial charge in [0.1, 0.15) is 11.6 Å². The van der Waals surface area contributed by atoms with Crippen LogP contribution in [0.15, 0.2) is 30.6 Å². The number of nitrogens with zero attached hydrogens (tertiary/aromatic N) is 3. The Morgan fingerprint density at radius 2 is 1.95 bits per heavy atom. The zero-order valence-corrected chi connectivity index (χ0v) is 12.2. The Hall–Kier alpha value is -2.01. The van der Waals surface area contributed by atoms with Crippen molar-refractivity contribution in [2.75, 3.05) is 18.4 Å². The zero-order chi connectivity index (χ0) is 14.4. The molecule has 20 heavy (non-hydrogen) atoms. The van der Waals surface area contributed by atoms with E-state index in [-0.39, 0.29) is 0 Å². The molecule has 0 aliphatic rings. The van der Waals surface area contributed by atoms with Gasteiger partial charge in [0.25, 0.3) is 0 Å². The molecule has 0 saturated carbocycles. The summed E-state index contributed by atoms with van der Waals surface area (Å²) in [5, 5.41) is 6.64. The van der Waals surface area contributed by atoms with Crippen LogP contribution in [0.5, 0.6) is 0 Å². The first-order valence-corrected chi connectivity index (χ1v) is 6.88. The minimum absolute atomic E-state index is 0.508. The fourth-order valence-corrected chi connectivity index (χ4v) is 1.82. The minimum Gasteiger partial charge on any atom is -0.369 e. The fraction of sp³-hybridized carbons (Fsp3) is 0.400. The third-order valence-electron chi connectivity index (χ3n) is 2.82. The number of nitrogens with one attached hydrogen (secondary N) is 2. The van der Waals surface area contributed by atoms with E-state index in [0.29, 0.717) is 6.04 Å². The van der Waals surface area contributed by atoms with E-state index in [1.807, 2.05) is 31.3 Å². The molecule has 5 nitrogen and oxygen atoms in total. The summed E-state index contributed by atoms with van der Waals surface area (Å²) in [6.07, 6.45) is 3.60. The maximum Gasteiger partial charge on any atom is 0.125 e. The lowest BCUT2D eigenvalue weighted by molar-refractivity contribution is 0.602. The van der Waals surface area contributed by atoms with Crippen LogP contribution in [0.4, 0.5) is 5.82 Å². The molecule has 0 atom stereocenters. The zero-order valence-electron chi connectivity index (χ0n) is 12.2. The quantitative estimate of drug-likeness (QED) is 0.789. The second kappa shape index (κ2) is 6.96. The molecule has 0 saturated heterocycles. The minimum atomic E-state index is 0.508. The number of anilines is 1. The largest absolute Gasteiger partial charge is 0.369 e. The van der Waals surface area contributed by atoms with Gasteiger partial charge >= 0.3 is 0 Å². The number of aromatic nitrogens is 3. The lowest BCUT2D eigenvalue weighted by Gasteiger charge is -2.09. The summed E-state index contributed by atoms with van der Waals surface area (Å²) in [5.74, 6) is 1.65. The van der Waals surface area contributed by atoms with Crippen LogP contribution < -0.4 is 10.6 Å². The van der Waals surface area contributed by atoms with Crippen LogP contribution in [-0.4, -0.2) is 34.1 Å². The maximum absolute atomic E-state index is 4.40. The second-order valence-electron chi connectivity index (χ2n) is 4.96. The van der Waals surface area contributed by atoms with Gasteiger partial charge in [0, 0.05) is 37.1 Å². The molecule has 2 rings (SSSR count). The van der Waals surface area contributed by atoms with E-state index in [0.717, 1.165) is 36.0 Å². The van der Waals surface area contributed by atoms with Crippen LogP contribution in [-0.2, 0) is 0 Å². The molecule has 0 aromatic carbocycles. The molecular weight excluding hydrogens is 250 g/mol. The maximum atomic E-state index is 4.40. The van der Waals surface area contributed by atoms with Gasteiger partial charge in [-0.2, -0.15) is 0 Å². The van der Waals surface area contributed by atoms with Crippen molar-refractivity contribution in [1.82, 2.24) is 20.3 Å². The van der Waals surface area contributed by atoms with Crippen molar-refractivity contribution < 1.29 is 0 Å². The third-order valence-corrected chi connectivity index (χ3v) is 2.82. The Kier molecular flexibility index (Phi) is 5.01. The standard InChI is InChI=1S/C15H21N5/c1-11(2)16-8-9-18-15-5-4-13(10-19-15)14-6-7-17-12(3)20-14/h4-7,10-11,16H,8-9H2,1-3H3,(H,18,19). The van der Waals surface area contributed by atoms with E-state index in [1.165, 1.54) is 0 Å². The lowest BCUT2D eigenvalue weighted by Crippen LogP contribution is -2.28. The molecule has 2 heterocycles. The summed E-state index contributed by atoms with van der Waals surface area (Å²) in [4.78, 5) is 12.9. The number of pyridine rings is 1. The van der Waals surface area contributed by atoms with Crippen LogP contribution >= 0.6 is 0 Å². The summed E-state index contributed by atoms with van der Waals surface area (Å²) < 4.78 is 0. The molecule has 2 aromatic heterocycles. The van der Waals surface area contributed by atoms with Crippen molar-refractivity contribution in [1.29, 1.82) is 0 Å². The highest BCUT2D eigenvalue weighted by molar-refractivity contribution is 5.59. The predicted octanol–water partition coefficient (Wildman–Crippen LogP) is 2.26. The van der Waals surface area contributed by atoms with E-state index in [1.54, 1.807) is 6.20 Å².